The van der Waals surface area contributed by atoms with Crippen molar-refractivity contribution in [1.29, 1.82) is 0 Å². The summed E-state index contributed by atoms with van der Waals surface area (Å²) in [6.07, 6.45) is 9.66. The molecule has 0 aliphatic carbocycles. The zero-order valence-corrected chi connectivity index (χ0v) is 15.4. The predicted octanol–water partition coefficient (Wildman–Crippen LogP) is 1.60. The Morgan fingerprint density at radius 1 is 1.25 bits per heavy atom. The highest BCUT2D eigenvalue weighted by Gasteiger charge is 2.48. The Morgan fingerprint density at radius 3 is 3.07 bits per heavy atom. The van der Waals surface area contributed by atoms with E-state index in [9.17, 15) is 9.18 Å². The second-order valence-corrected chi connectivity index (χ2v) is 7.43. The number of amides is 1. The fourth-order valence-electron chi connectivity index (χ4n) is 4.33. The van der Waals surface area contributed by atoms with Crippen molar-refractivity contribution in [2.24, 2.45) is 10.1 Å². The molecule has 8 nitrogen and oxygen atoms in total. The van der Waals surface area contributed by atoms with Crippen molar-refractivity contribution in [3.05, 3.63) is 35.9 Å². The maximum atomic E-state index is 14.0. The van der Waals surface area contributed by atoms with Crippen molar-refractivity contribution in [3.63, 3.8) is 0 Å². The second kappa shape index (κ2) is 6.57. The molecule has 9 heteroatoms. The van der Waals surface area contributed by atoms with Gasteiger partial charge in [0.1, 0.15) is 17.5 Å². The summed E-state index contributed by atoms with van der Waals surface area (Å²) in [6, 6.07) is 1.53. The first-order chi connectivity index (χ1) is 13.7. The number of hydrogen-bond acceptors (Lipinski definition) is 7. The Morgan fingerprint density at radius 2 is 2.14 bits per heavy atom. The number of hydrogen-bond donors (Lipinski definition) is 2. The highest BCUT2D eigenvalue weighted by atomic mass is 19.1. The van der Waals surface area contributed by atoms with Gasteiger partial charge in [-0.1, -0.05) is 0 Å². The normalized spacial score (nSPS) is 28.8. The third kappa shape index (κ3) is 2.64. The SMILES string of the molecule is O=C1NCCCNc2ncc(F)cc2[C@H]2CCCN2C2=NC13CC=NN3C=C2. The van der Waals surface area contributed by atoms with Gasteiger partial charge in [-0.2, -0.15) is 5.10 Å². The lowest BCUT2D eigenvalue weighted by Gasteiger charge is -2.37. The molecule has 4 aliphatic heterocycles. The summed E-state index contributed by atoms with van der Waals surface area (Å²) in [7, 11) is 0. The van der Waals surface area contributed by atoms with Gasteiger partial charge in [-0.3, -0.25) is 4.79 Å². The van der Waals surface area contributed by atoms with Crippen LogP contribution in [0.4, 0.5) is 10.2 Å². The number of nitrogens with one attached hydrogen (secondary N) is 2. The molecule has 2 N–H and O–H groups in total. The van der Waals surface area contributed by atoms with Gasteiger partial charge in [0, 0.05) is 44.0 Å². The molecule has 1 aromatic heterocycles. The molecule has 4 aliphatic rings. The minimum Gasteiger partial charge on any atom is -0.370 e. The van der Waals surface area contributed by atoms with Gasteiger partial charge >= 0.3 is 0 Å². The molecule has 0 radical (unpaired) electrons. The first-order valence-electron chi connectivity index (χ1n) is 9.71. The Kier molecular flexibility index (Phi) is 4.03. The number of pyridine rings is 1. The monoisotopic (exact) mass is 383 g/mol. The van der Waals surface area contributed by atoms with Crippen LogP contribution < -0.4 is 10.6 Å². The molecule has 0 saturated carbocycles. The van der Waals surface area contributed by atoms with Crippen LogP contribution >= 0.6 is 0 Å². The Bertz CT molecular complexity index is 898. The van der Waals surface area contributed by atoms with Gasteiger partial charge in [0.25, 0.3) is 5.91 Å². The Balaban J connectivity index is 1.60. The lowest BCUT2D eigenvalue weighted by atomic mass is 10.0. The van der Waals surface area contributed by atoms with E-state index in [-0.39, 0.29) is 17.8 Å². The van der Waals surface area contributed by atoms with E-state index in [4.69, 9.17) is 4.99 Å². The number of carbonyl (C=O) groups excluding carboxylic acids is 1. The minimum absolute atomic E-state index is 0.0381. The second-order valence-electron chi connectivity index (χ2n) is 7.43. The molecule has 0 aromatic carbocycles. The van der Waals surface area contributed by atoms with Gasteiger partial charge < -0.3 is 15.5 Å². The van der Waals surface area contributed by atoms with Crippen LogP contribution in [-0.4, -0.2) is 58.1 Å². The van der Waals surface area contributed by atoms with E-state index < -0.39 is 5.66 Å². The number of aromatic nitrogens is 1. The third-order valence-electron chi connectivity index (χ3n) is 5.71. The number of nitrogens with zero attached hydrogens (tertiary/aromatic N) is 5. The van der Waals surface area contributed by atoms with E-state index in [2.05, 4.69) is 25.6 Å². The lowest BCUT2D eigenvalue weighted by molar-refractivity contribution is -0.130. The molecular weight excluding hydrogens is 361 g/mol. The molecule has 2 atom stereocenters. The highest BCUT2D eigenvalue weighted by molar-refractivity contribution is 6.00. The summed E-state index contributed by atoms with van der Waals surface area (Å²) in [4.78, 5) is 24.3. The first-order valence-corrected chi connectivity index (χ1v) is 9.71. The fourth-order valence-corrected chi connectivity index (χ4v) is 4.33. The van der Waals surface area contributed by atoms with Crippen molar-refractivity contribution < 1.29 is 9.18 Å². The molecule has 1 amide bonds. The van der Waals surface area contributed by atoms with E-state index in [0.29, 0.717) is 25.3 Å². The highest BCUT2D eigenvalue weighted by Crippen LogP contribution is 2.38. The van der Waals surface area contributed by atoms with Crippen LogP contribution in [0.1, 0.15) is 37.3 Å². The van der Waals surface area contributed by atoms with Crippen LogP contribution in [-0.2, 0) is 4.79 Å². The minimum atomic E-state index is -1.07. The Hall–Kier alpha value is -2.97. The van der Waals surface area contributed by atoms with Crippen LogP contribution in [0.3, 0.4) is 0 Å². The number of amidine groups is 1. The molecule has 1 saturated heterocycles. The van der Waals surface area contributed by atoms with Gasteiger partial charge in [-0.15, -0.1) is 0 Å². The smallest absolute Gasteiger partial charge is 0.270 e. The van der Waals surface area contributed by atoms with Gasteiger partial charge in [-0.05, 0) is 31.4 Å². The van der Waals surface area contributed by atoms with Crippen LogP contribution in [0.15, 0.2) is 34.6 Å². The first kappa shape index (κ1) is 17.2. The summed E-state index contributed by atoms with van der Waals surface area (Å²) in [5.74, 6) is 0.934. The number of fused-ring (bicyclic) bond motifs is 4. The largest absolute Gasteiger partial charge is 0.370 e. The number of aliphatic imine (C=N–C) groups is 1. The maximum absolute atomic E-state index is 14.0. The number of rotatable bonds is 0. The molecule has 146 valence electrons. The summed E-state index contributed by atoms with van der Waals surface area (Å²) in [5.41, 5.74) is -0.229. The molecule has 28 heavy (non-hydrogen) atoms. The lowest BCUT2D eigenvalue weighted by Crippen LogP contribution is -2.54. The van der Waals surface area contributed by atoms with Gasteiger partial charge in [0.15, 0.2) is 0 Å². The van der Waals surface area contributed by atoms with Crippen LogP contribution in [0.2, 0.25) is 0 Å². The molecule has 1 fully saturated rings. The molecule has 1 unspecified atom stereocenters. The van der Waals surface area contributed by atoms with Gasteiger partial charge in [0.05, 0.1) is 12.2 Å². The van der Waals surface area contributed by atoms with E-state index in [0.717, 1.165) is 37.2 Å². The van der Waals surface area contributed by atoms with Crippen LogP contribution in [0.5, 0.6) is 0 Å². The molecule has 5 heterocycles. The summed E-state index contributed by atoms with van der Waals surface area (Å²) < 4.78 is 14.0. The summed E-state index contributed by atoms with van der Waals surface area (Å²) in [6.45, 7) is 1.94. The maximum Gasteiger partial charge on any atom is 0.270 e. The number of carbonyl (C=O) groups is 1. The zero-order chi connectivity index (χ0) is 19.1. The van der Waals surface area contributed by atoms with Crippen molar-refractivity contribution in [3.8, 4) is 0 Å². The average Bonchev–Trinajstić information content (AvgIpc) is 3.35. The molecular formula is C19H22FN7O. The van der Waals surface area contributed by atoms with Gasteiger partial charge in [0.2, 0.25) is 5.66 Å². The van der Waals surface area contributed by atoms with E-state index in [1.54, 1.807) is 17.3 Å². The standard InChI is InChI=1S/C19H22FN7O/c20-13-11-14-15-3-1-9-26(15)16-4-10-27-19(25-16,5-8-24-27)18(28)22-7-2-6-21-17(14)23-12-13/h4,8,10-12,15H,1-3,5-7,9H2,(H,21,23)(H,22,28)/t15-,19?/m1/s1. The molecule has 1 aromatic rings. The van der Waals surface area contributed by atoms with Crippen LogP contribution in [0.25, 0.3) is 0 Å². The van der Waals surface area contributed by atoms with Gasteiger partial charge in [-0.25, -0.2) is 19.4 Å². The topological polar surface area (TPSA) is 85.2 Å². The molecule has 2 bridgehead atoms. The third-order valence-corrected chi connectivity index (χ3v) is 5.71. The van der Waals surface area contributed by atoms with Crippen molar-refractivity contribution >= 4 is 23.8 Å². The average molecular weight is 383 g/mol. The molecule has 5 rings (SSSR count). The van der Waals surface area contributed by atoms with E-state index in [1.807, 2.05) is 12.3 Å². The summed E-state index contributed by atoms with van der Waals surface area (Å²) >= 11 is 0. The Labute approximate surface area is 162 Å². The predicted molar refractivity (Wildman–Crippen MR) is 103 cm³/mol. The number of halogens is 1. The zero-order valence-electron chi connectivity index (χ0n) is 15.4. The number of hydrazone groups is 1. The quantitative estimate of drug-likeness (QED) is 0.711. The van der Waals surface area contributed by atoms with Crippen molar-refractivity contribution in [2.75, 3.05) is 25.0 Å². The number of anilines is 1. The molecule has 1 spiro atoms. The fraction of sp³-hybridized carbons (Fsp3) is 0.474. The van der Waals surface area contributed by atoms with Crippen LogP contribution in [0, 0.1) is 5.82 Å². The van der Waals surface area contributed by atoms with E-state index >= 15 is 0 Å². The van der Waals surface area contributed by atoms with Crippen molar-refractivity contribution in [2.45, 2.75) is 37.4 Å². The van der Waals surface area contributed by atoms with Crippen molar-refractivity contribution in [1.82, 2.24) is 20.2 Å². The van der Waals surface area contributed by atoms with E-state index in [1.165, 1.54) is 6.20 Å². The summed E-state index contributed by atoms with van der Waals surface area (Å²) in [5, 5.41) is 12.2.